The molecule has 9 nitrogen and oxygen atoms in total. The molecule has 1 saturated carbocycles. The van der Waals surface area contributed by atoms with Crippen molar-refractivity contribution in [2.45, 2.75) is 49.3 Å². The number of rotatable bonds is 11. The van der Waals surface area contributed by atoms with E-state index in [4.69, 9.17) is 4.42 Å². The van der Waals surface area contributed by atoms with Crippen LogP contribution in [0.15, 0.2) is 99.0 Å². The predicted molar refractivity (Wildman–Crippen MR) is 155 cm³/mol. The van der Waals surface area contributed by atoms with Gasteiger partial charge in [-0.2, -0.15) is 0 Å². The molecule has 5 rings (SSSR count). The number of nitro groups is 1. The van der Waals surface area contributed by atoms with Gasteiger partial charge in [0.1, 0.15) is 11.5 Å². The normalized spacial score (nSPS) is 14.8. The number of hydrogen-bond donors (Lipinski definition) is 2. The molecule has 2 N–H and O–H groups in total. The smallest absolute Gasteiger partial charge is 0.343 e. The molecule has 1 heterocycles. The largest absolute Gasteiger partial charge is 0.507 e. The van der Waals surface area contributed by atoms with Gasteiger partial charge < -0.3 is 9.52 Å². The quantitative estimate of drug-likeness (QED) is 0.157. The molecule has 0 saturated heterocycles. The Morgan fingerprint density at radius 1 is 1.00 bits per heavy atom. The van der Waals surface area contributed by atoms with Gasteiger partial charge in [-0.3, -0.25) is 14.8 Å². The van der Waals surface area contributed by atoms with Gasteiger partial charge in [0.05, 0.1) is 15.4 Å². The molecule has 1 aliphatic rings. The highest BCUT2D eigenvalue weighted by atomic mass is 32.2. The number of non-ortho nitro benzene ring substituents is 1. The Bertz CT molecular complexity index is 1710. The molecular weight excluding hydrogens is 544 g/mol. The van der Waals surface area contributed by atoms with Crippen LogP contribution in [0.4, 0.5) is 11.4 Å². The summed E-state index contributed by atoms with van der Waals surface area (Å²) in [7, 11) is -4.03. The Hall–Kier alpha value is -4.44. The highest BCUT2D eigenvalue weighted by molar-refractivity contribution is 7.92. The third-order valence-electron chi connectivity index (χ3n) is 7.49. The van der Waals surface area contributed by atoms with Gasteiger partial charge in [-0.05, 0) is 66.5 Å². The van der Waals surface area contributed by atoms with Crippen molar-refractivity contribution in [2.24, 2.45) is 5.92 Å². The summed E-state index contributed by atoms with van der Waals surface area (Å²) in [6.07, 6.45) is 3.02. The molecule has 4 aromatic rings. The van der Waals surface area contributed by atoms with E-state index in [9.17, 15) is 28.4 Å². The second-order valence-corrected chi connectivity index (χ2v) is 12.0. The SMILES string of the molecule is CCC(Cc1cc(O)c(C(c2cccc(NS(=O)(=O)c3ccc([N+](=O)[O-])cc3)c2)C2CC2)c(=O)o1)c1ccccc1. The van der Waals surface area contributed by atoms with Crippen molar-refractivity contribution in [1.29, 1.82) is 0 Å². The lowest BCUT2D eigenvalue weighted by Crippen LogP contribution is -2.18. The number of benzene rings is 3. The fraction of sp³-hybridized carbons (Fsp3) is 0.258. The maximum Gasteiger partial charge on any atom is 0.343 e. The highest BCUT2D eigenvalue weighted by Crippen LogP contribution is 2.48. The van der Waals surface area contributed by atoms with Gasteiger partial charge in [-0.1, -0.05) is 49.4 Å². The first kappa shape index (κ1) is 28.1. The van der Waals surface area contributed by atoms with Crippen molar-refractivity contribution in [3.05, 3.63) is 128 Å². The van der Waals surface area contributed by atoms with E-state index in [1.165, 1.54) is 18.2 Å². The number of anilines is 1. The van der Waals surface area contributed by atoms with Crippen molar-refractivity contribution in [2.75, 3.05) is 4.72 Å². The summed E-state index contributed by atoms with van der Waals surface area (Å²) in [5.41, 5.74) is 1.41. The molecule has 1 aliphatic carbocycles. The summed E-state index contributed by atoms with van der Waals surface area (Å²) in [6, 6.07) is 22.8. The van der Waals surface area contributed by atoms with Crippen LogP contribution in [-0.2, 0) is 16.4 Å². The van der Waals surface area contributed by atoms with Crippen molar-refractivity contribution in [1.82, 2.24) is 0 Å². The van der Waals surface area contributed by atoms with Crippen molar-refractivity contribution < 1.29 is 22.9 Å². The van der Waals surface area contributed by atoms with Crippen LogP contribution in [0, 0.1) is 16.0 Å². The van der Waals surface area contributed by atoms with Crippen LogP contribution in [-0.4, -0.2) is 18.4 Å². The number of nitrogens with zero attached hydrogens (tertiary/aromatic N) is 1. The summed E-state index contributed by atoms with van der Waals surface area (Å²) in [4.78, 5) is 23.5. The van der Waals surface area contributed by atoms with Crippen molar-refractivity contribution in [3.63, 3.8) is 0 Å². The number of hydrogen-bond acceptors (Lipinski definition) is 7. The Balaban J connectivity index is 1.42. The van der Waals surface area contributed by atoms with E-state index < -0.39 is 26.5 Å². The molecule has 0 bridgehead atoms. The average Bonchev–Trinajstić information content (AvgIpc) is 3.79. The Kier molecular flexibility index (Phi) is 7.94. The maximum absolute atomic E-state index is 13.3. The summed E-state index contributed by atoms with van der Waals surface area (Å²) in [5, 5.41) is 22.0. The standard InChI is InChI=1S/C31H30N2O7S/c1-2-20(21-7-4-3-5-8-21)18-26-19-28(34)30(31(35)40-26)29(22-11-12-22)23-9-6-10-24(17-23)32-41(38,39)27-15-13-25(14-16-27)33(36)37/h3-10,13-17,19-20,22,29,32,34H,2,11-12,18H2,1H3. The lowest BCUT2D eigenvalue weighted by Gasteiger charge is -2.20. The molecule has 212 valence electrons. The zero-order valence-corrected chi connectivity index (χ0v) is 23.2. The van der Waals surface area contributed by atoms with Crippen LogP contribution in [0.5, 0.6) is 5.75 Å². The van der Waals surface area contributed by atoms with E-state index in [1.807, 2.05) is 30.3 Å². The third kappa shape index (κ3) is 6.33. The van der Waals surface area contributed by atoms with E-state index >= 15 is 0 Å². The Morgan fingerprint density at radius 2 is 1.68 bits per heavy atom. The van der Waals surface area contributed by atoms with E-state index in [2.05, 4.69) is 11.6 Å². The number of aromatic hydroxyl groups is 1. The molecule has 0 radical (unpaired) electrons. The van der Waals surface area contributed by atoms with Crippen molar-refractivity contribution in [3.8, 4) is 5.75 Å². The summed E-state index contributed by atoms with van der Waals surface area (Å²) < 4.78 is 34.2. The zero-order chi connectivity index (χ0) is 29.1. The molecule has 10 heteroatoms. The van der Waals surface area contributed by atoms with Crippen LogP contribution in [0.1, 0.15) is 60.5 Å². The van der Waals surface area contributed by atoms with Crippen LogP contribution < -0.4 is 10.3 Å². The minimum absolute atomic E-state index is 0.101. The molecular formula is C31H30N2O7S. The van der Waals surface area contributed by atoms with Crippen molar-refractivity contribution >= 4 is 21.4 Å². The Morgan fingerprint density at radius 3 is 2.29 bits per heavy atom. The van der Waals surface area contributed by atoms with Crippen LogP contribution >= 0.6 is 0 Å². The van der Waals surface area contributed by atoms with Gasteiger partial charge in [0.15, 0.2) is 0 Å². The molecule has 2 unspecified atom stereocenters. The third-order valence-corrected chi connectivity index (χ3v) is 8.89. The minimum atomic E-state index is -4.03. The van der Waals surface area contributed by atoms with E-state index in [1.54, 1.807) is 24.3 Å². The molecule has 41 heavy (non-hydrogen) atoms. The second-order valence-electron chi connectivity index (χ2n) is 10.3. The fourth-order valence-electron chi connectivity index (χ4n) is 5.25. The second kappa shape index (κ2) is 11.6. The maximum atomic E-state index is 13.3. The first-order chi connectivity index (χ1) is 19.7. The average molecular weight is 575 g/mol. The molecule has 2 atom stereocenters. The highest BCUT2D eigenvalue weighted by Gasteiger charge is 2.37. The molecule has 0 aliphatic heterocycles. The van der Waals surface area contributed by atoms with Gasteiger partial charge in [0.25, 0.3) is 15.7 Å². The molecule has 0 spiro atoms. The minimum Gasteiger partial charge on any atom is -0.507 e. The van der Waals surface area contributed by atoms with Gasteiger partial charge in [-0.25, -0.2) is 13.2 Å². The fourth-order valence-corrected chi connectivity index (χ4v) is 6.30. The lowest BCUT2D eigenvalue weighted by molar-refractivity contribution is -0.384. The van der Waals surface area contributed by atoms with Crippen LogP contribution in [0.3, 0.4) is 0 Å². The monoisotopic (exact) mass is 574 g/mol. The van der Waals surface area contributed by atoms with Gasteiger partial charge in [0.2, 0.25) is 0 Å². The molecule has 0 amide bonds. The van der Waals surface area contributed by atoms with Crippen LogP contribution in [0.25, 0.3) is 0 Å². The summed E-state index contributed by atoms with van der Waals surface area (Å²) in [5.74, 6) is 0.0347. The topological polar surface area (TPSA) is 140 Å². The van der Waals surface area contributed by atoms with E-state index in [0.29, 0.717) is 17.7 Å². The van der Waals surface area contributed by atoms with E-state index in [-0.39, 0.29) is 39.4 Å². The van der Waals surface area contributed by atoms with Gasteiger partial charge in [0, 0.05) is 36.2 Å². The molecule has 1 fully saturated rings. The number of sulfonamides is 1. The lowest BCUT2D eigenvalue weighted by atomic mass is 9.86. The van der Waals surface area contributed by atoms with Crippen LogP contribution in [0.2, 0.25) is 0 Å². The number of nitro benzene ring substituents is 1. The molecule has 3 aromatic carbocycles. The molecule has 1 aromatic heterocycles. The zero-order valence-electron chi connectivity index (χ0n) is 22.4. The number of nitrogens with one attached hydrogen (secondary N) is 1. The van der Waals surface area contributed by atoms with Gasteiger partial charge in [-0.15, -0.1) is 0 Å². The first-order valence-electron chi connectivity index (χ1n) is 13.4. The first-order valence-corrected chi connectivity index (χ1v) is 14.9. The summed E-state index contributed by atoms with van der Waals surface area (Å²) >= 11 is 0. The Labute approximate surface area is 237 Å². The predicted octanol–water partition coefficient (Wildman–Crippen LogP) is 6.33. The van der Waals surface area contributed by atoms with E-state index in [0.717, 1.165) is 37.0 Å². The van der Waals surface area contributed by atoms with Gasteiger partial charge >= 0.3 is 5.63 Å². The summed E-state index contributed by atoms with van der Waals surface area (Å²) in [6.45, 7) is 2.07.